The number of aromatic nitrogens is 1. The van der Waals surface area contributed by atoms with Gasteiger partial charge in [-0.3, -0.25) is 4.79 Å². The number of rotatable bonds is 5. The maximum absolute atomic E-state index is 13.2. The SMILES string of the molecule is O=C(c1cc(F)cnc1Cl)N(CCCO)C1CCC1. The van der Waals surface area contributed by atoms with Gasteiger partial charge in [0.1, 0.15) is 11.0 Å². The van der Waals surface area contributed by atoms with Crippen LogP contribution in [0.4, 0.5) is 4.39 Å². The van der Waals surface area contributed by atoms with E-state index in [9.17, 15) is 9.18 Å². The van der Waals surface area contributed by atoms with Crippen molar-refractivity contribution in [2.75, 3.05) is 13.2 Å². The second-order valence-electron chi connectivity index (χ2n) is 4.65. The Morgan fingerprint density at radius 2 is 2.32 bits per heavy atom. The average molecular weight is 287 g/mol. The number of amides is 1. The monoisotopic (exact) mass is 286 g/mol. The fraction of sp³-hybridized carbons (Fsp3) is 0.538. The first-order valence-electron chi connectivity index (χ1n) is 6.36. The van der Waals surface area contributed by atoms with Crippen LogP contribution in [0.3, 0.4) is 0 Å². The van der Waals surface area contributed by atoms with Gasteiger partial charge in [0, 0.05) is 19.2 Å². The molecule has 104 valence electrons. The summed E-state index contributed by atoms with van der Waals surface area (Å²) < 4.78 is 13.2. The number of carbonyl (C=O) groups excluding carboxylic acids is 1. The van der Waals surface area contributed by atoms with E-state index < -0.39 is 5.82 Å². The predicted molar refractivity (Wildman–Crippen MR) is 69.6 cm³/mol. The molecule has 0 aromatic carbocycles. The van der Waals surface area contributed by atoms with Gasteiger partial charge in [0.25, 0.3) is 5.91 Å². The van der Waals surface area contributed by atoms with Crippen LogP contribution >= 0.6 is 11.6 Å². The highest BCUT2D eigenvalue weighted by Gasteiger charge is 2.30. The van der Waals surface area contributed by atoms with E-state index in [4.69, 9.17) is 16.7 Å². The molecule has 0 bridgehead atoms. The lowest BCUT2D eigenvalue weighted by atomic mass is 9.91. The van der Waals surface area contributed by atoms with Crippen LogP contribution in [-0.2, 0) is 0 Å². The summed E-state index contributed by atoms with van der Waals surface area (Å²) in [6.45, 7) is 0.471. The maximum atomic E-state index is 13.2. The van der Waals surface area contributed by atoms with Crippen LogP contribution in [0.5, 0.6) is 0 Å². The number of aliphatic hydroxyl groups excluding tert-OH is 1. The second-order valence-corrected chi connectivity index (χ2v) is 5.01. The van der Waals surface area contributed by atoms with Crippen molar-refractivity contribution in [3.63, 3.8) is 0 Å². The van der Waals surface area contributed by atoms with Gasteiger partial charge in [0.2, 0.25) is 0 Å². The smallest absolute Gasteiger partial charge is 0.257 e. The Labute approximate surface area is 116 Å². The Hall–Kier alpha value is -1.20. The van der Waals surface area contributed by atoms with E-state index in [0.29, 0.717) is 13.0 Å². The Kier molecular flexibility index (Phi) is 4.71. The van der Waals surface area contributed by atoms with Crippen molar-refractivity contribution in [1.82, 2.24) is 9.88 Å². The number of hydrogen-bond donors (Lipinski definition) is 1. The van der Waals surface area contributed by atoms with Gasteiger partial charge in [-0.15, -0.1) is 0 Å². The molecule has 1 amide bonds. The van der Waals surface area contributed by atoms with Gasteiger partial charge in [-0.25, -0.2) is 9.37 Å². The van der Waals surface area contributed by atoms with Crippen LogP contribution in [-0.4, -0.2) is 40.1 Å². The molecule has 0 spiro atoms. The van der Waals surface area contributed by atoms with Crippen molar-refractivity contribution < 1.29 is 14.3 Å². The molecule has 0 unspecified atom stereocenters. The average Bonchev–Trinajstić information content (AvgIpc) is 2.34. The van der Waals surface area contributed by atoms with Gasteiger partial charge in [-0.05, 0) is 31.7 Å². The summed E-state index contributed by atoms with van der Waals surface area (Å²) in [4.78, 5) is 17.7. The topological polar surface area (TPSA) is 53.4 Å². The molecule has 1 heterocycles. The van der Waals surface area contributed by atoms with Crippen molar-refractivity contribution >= 4 is 17.5 Å². The fourth-order valence-electron chi connectivity index (χ4n) is 2.12. The molecule has 6 heteroatoms. The Morgan fingerprint density at radius 1 is 1.58 bits per heavy atom. The molecule has 1 aliphatic rings. The van der Waals surface area contributed by atoms with Gasteiger partial charge >= 0.3 is 0 Å². The lowest BCUT2D eigenvalue weighted by Crippen LogP contribution is -2.45. The Morgan fingerprint density at radius 3 is 2.89 bits per heavy atom. The minimum atomic E-state index is -0.580. The third kappa shape index (κ3) is 3.22. The molecule has 1 aromatic rings. The molecular formula is C13H16ClFN2O2. The van der Waals surface area contributed by atoms with E-state index in [1.807, 2.05) is 0 Å². The predicted octanol–water partition coefficient (Wildman–Crippen LogP) is 2.25. The van der Waals surface area contributed by atoms with Crippen molar-refractivity contribution in [3.05, 3.63) is 28.8 Å². The maximum Gasteiger partial charge on any atom is 0.257 e. The number of nitrogens with zero attached hydrogens (tertiary/aromatic N) is 2. The molecule has 0 atom stereocenters. The van der Waals surface area contributed by atoms with Crippen molar-refractivity contribution in [3.8, 4) is 0 Å². The molecule has 1 fully saturated rings. The first-order chi connectivity index (χ1) is 9.13. The number of carbonyl (C=O) groups is 1. The molecule has 4 nitrogen and oxygen atoms in total. The highest BCUT2D eigenvalue weighted by molar-refractivity contribution is 6.32. The standard InChI is InChI=1S/C13H16ClFN2O2/c14-12-11(7-9(15)8-16-12)13(19)17(5-2-6-18)10-3-1-4-10/h7-8,10,18H,1-6H2. The lowest BCUT2D eigenvalue weighted by Gasteiger charge is -2.37. The van der Waals surface area contributed by atoms with Gasteiger partial charge in [0.05, 0.1) is 11.8 Å². The van der Waals surface area contributed by atoms with Crippen LogP contribution in [0.1, 0.15) is 36.0 Å². The van der Waals surface area contributed by atoms with E-state index in [1.54, 1.807) is 4.90 Å². The van der Waals surface area contributed by atoms with Crippen molar-refractivity contribution in [2.45, 2.75) is 31.7 Å². The summed E-state index contributed by atoms with van der Waals surface area (Å²) in [6.07, 6.45) is 4.46. The van der Waals surface area contributed by atoms with Gasteiger partial charge in [-0.1, -0.05) is 11.6 Å². The van der Waals surface area contributed by atoms with E-state index in [2.05, 4.69) is 4.98 Å². The Balaban J connectivity index is 2.19. The Bertz CT molecular complexity index is 466. The number of pyridine rings is 1. The molecular weight excluding hydrogens is 271 g/mol. The highest BCUT2D eigenvalue weighted by atomic mass is 35.5. The van der Waals surface area contributed by atoms with Crippen LogP contribution in [0, 0.1) is 5.82 Å². The molecule has 1 N–H and O–H groups in total. The molecule has 1 aliphatic carbocycles. The summed E-state index contributed by atoms with van der Waals surface area (Å²) in [5.74, 6) is -0.890. The molecule has 1 saturated carbocycles. The highest BCUT2D eigenvalue weighted by Crippen LogP contribution is 2.27. The van der Waals surface area contributed by atoms with Crippen LogP contribution < -0.4 is 0 Å². The van der Waals surface area contributed by atoms with Crippen molar-refractivity contribution in [2.24, 2.45) is 0 Å². The summed E-state index contributed by atoms with van der Waals surface area (Å²) in [5, 5.41) is 8.92. The van der Waals surface area contributed by atoms with Gasteiger partial charge < -0.3 is 10.0 Å². The minimum absolute atomic E-state index is 0.0136. The van der Waals surface area contributed by atoms with Gasteiger partial charge in [0.15, 0.2) is 0 Å². The third-order valence-electron chi connectivity index (χ3n) is 3.37. The van der Waals surface area contributed by atoms with E-state index >= 15 is 0 Å². The summed E-state index contributed by atoms with van der Waals surface area (Å²) in [6, 6.07) is 1.28. The first-order valence-corrected chi connectivity index (χ1v) is 6.74. The molecule has 1 aromatic heterocycles. The van der Waals surface area contributed by atoms with E-state index in [0.717, 1.165) is 31.5 Å². The van der Waals surface area contributed by atoms with E-state index in [-0.39, 0.29) is 29.3 Å². The number of halogens is 2. The zero-order valence-electron chi connectivity index (χ0n) is 10.5. The zero-order chi connectivity index (χ0) is 13.8. The van der Waals surface area contributed by atoms with Crippen molar-refractivity contribution in [1.29, 1.82) is 0 Å². The van der Waals surface area contributed by atoms with Crippen LogP contribution in [0.15, 0.2) is 12.3 Å². The summed E-state index contributed by atoms with van der Waals surface area (Å²) >= 11 is 5.86. The molecule has 0 radical (unpaired) electrons. The number of hydrogen-bond acceptors (Lipinski definition) is 3. The number of aliphatic hydroxyl groups is 1. The molecule has 2 rings (SSSR count). The molecule has 19 heavy (non-hydrogen) atoms. The van der Waals surface area contributed by atoms with Crippen LogP contribution in [0.25, 0.3) is 0 Å². The quantitative estimate of drug-likeness (QED) is 0.845. The molecule has 0 saturated heterocycles. The zero-order valence-corrected chi connectivity index (χ0v) is 11.2. The minimum Gasteiger partial charge on any atom is -0.396 e. The van der Waals surface area contributed by atoms with Crippen LogP contribution in [0.2, 0.25) is 5.15 Å². The summed E-state index contributed by atoms with van der Waals surface area (Å²) in [5.41, 5.74) is 0.0894. The lowest BCUT2D eigenvalue weighted by molar-refractivity contribution is 0.0561. The molecule has 0 aliphatic heterocycles. The largest absolute Gasteiger partial charge is 0.396 e. The second kappa shape index (κ2) is 6.30. The van der Waals surface area contributed by atoms with Gasteiger partial charge in [-0.2, -0.15) is 0 Å². The first kappa shape index (κ1) is 14.2. The van der Waals surface area contributed by atoms with E-state index in [1.165, 1.54) is 0 Å². The summed E-state index contributed by atoms with van der Waals surface area (Å²) in [7, 11) is 0. The fourth-order valence-corrected chi connectivity index (χ4v) is 2.30. The third-order valence-corrected chi connectivity index (χ3v) is 3.67. The normalized spacial score (nSPS) is 15.1.